The third-order valence-electron chi connectivity index (χ3n) is 6.83. The van der Waals surface area contributed by atoms with Gasteiger partial charge in [0.15, 0.2) is 0 Å². The number of nitrogens with zero attached hydrogens (tertiary/aromatic N) is 6. The van der Waals surface area contributed by atoms with Gasteiger partial charge in [-0.05, 0) is 44.6 Å². The molecular weight excluding hydrogens is 384 g/mol. The lowest BCUT2D eigenvalue weighted by Gasteiger charge is -2.38. The molecule has 0 spiro atoms. The van der Waals surface area contributed by atoms with Crippen molar-refractivity contribution in [1.29, 1.82) is 0 Å². The Kier molecular flexibility index (Phi) is 7.89. The zero-order chi connectivity index (χ0) is 21.5. The van der Waals surface area contributed by atoms with E-state index in [1.807, 2.05) is 0 Å². The van der Waals surface area contributed by atoms with Crippen molar-refractivity contribution in [3.8, 4) is 0 Å². The van der Waals surface area contributed by atoms with Gasteiger partial charge in [-0.2, -0.15) is 0 Å². The van der Waals surface area contributed by atoms with Crippen LogP contribution in [0.1, 0.15) is 37.1 Å². The van der Waals surface area contributed by atoms with Crippen LogP contribution >= 0.6 is 0 Å². The standard InChI is InChI=1S/C25H38N6/c1-3-28(4-2)12-8-13-29-15-17-31(18-16-29)25-23-11-14-30(20-24(23)26-21-27-25)19-22-9-6-5-7-10-22/h5-7,9-10,21H,3-4,8,11-20H2,1-2H3. The van der Waals surface area contributed by atoms with Gasteiger partial charge in [0.05, 0.1) is 5.69 Å². The highest BCUT2D eigenvalue weighted by molar-refractivity contribution is 5.50. The summed E-state index contributed by atoms with van der Waals surface area (Å²) < 4.78 is 0. The van der Waals surface area contributed by atoms with Crippen molar-refractivity contribution in [3.05, 3.63) is 53.5 Å². The van der Waals surface area contributed by atoms with E-state index >= 15 is 0 Å². The number of fused-ring (bicyclic) bond motifs is 1. The highest BCUT2D eigenvalue weighted by Gasteiger charge is 2.25. The van der Waals surface area contributed by atoms with Gasteiger partial charge in [0.2, 0.25) is 0 Å². The molecule has 0 aliphatic carbocycles. The largest absolute Gasteiger partial charge is 0.354 e. The summed E-state index contributed by atoms with van der Waals surface area (Å²) in [7, 11) is 0. The van der Waals surface area contributed by atoms with Crippen LogP contribution in [0.3, 0.4) is 0 Å². The maximum atomic E-state index is 4.73. The van der Waals surface area contributed by atoms with Crippen LogP contribution < -0.4 is 4.90 Å². The smallest absolute Gasteiger partial charge is 0.135 e. The second-order valence-electron chi connectivity index (χ2n) is 8.78. The van der Waals surface area contributed by atoms with Crippen molar-refractivity contribution in [3.63, 3.8) is 0 Å². The van der Waals surface area contributed by atoms with E-state index < -0.39 is 0 Å². The van der Waals surface area contributed by atoms with E-state index in [4.69, 9.17) is 4.98 Å². The van der Waals surface area contributed by atoms with E-state index in [9.17, 15) is 0 Å². The van der Waals surface area contributed by atoms with Crippen LogP contribution in [0.25, 0.3) is 0 Å². The number of piperazine rings is 1. The van der Waals surface area contributed by atoms with E-state index in [0.29, 0.717) is 0 Å². The zero-order valence-electron chi connectivity index (χ0n) is 19.3. The molecule has 2 aliphatic heterocycles. The minimum Gasteiger partial charge on any atom is -0.354 e. The first-order valence-electron chi connectivity index (χ1n) is 12.1. The predicted octanol–water partition coefficient (Wildman–Crippen LogP) is 2.89. The average molecular weight is 423 g/mol. The molecule has 1 fully saturated rings. The van der Waals surface area contributed by atoms with Gasteiger partial charge in [-0.3, -0.25) is 9.80 Å². The minimum atomic E-state index is 0.922. The lowest BCUT2D eigenvalue weighted by Crippen LogP contribution is -2.48. The van der Waals surface area contributed by atoms with E-state index in [2.05, 4.69) is 68.8 Å². The first-order valence-corrected chi connectivity index (χ1v) is 12.1. The van der Waals surface area contributed by atoms with Crippen LogP contribution in [0.4, 0.5) is 5.82 Å². The fourth-order valence-corrected chi connectivity index (χ4v) is 4.88. The third-order valence-corrected chi connectivity index (χ3v) is 6.83. The van der Waals surface area contributed by atoms with Crippen molar-refractivity contribution >= 4 is 5.82 Å². The third kappa shape index (κ3) is 5.82. The van der Waals surface area contributed by atoms with Crippen molar-refractivity contribution in [2.24, 2.45) is 0 Å². The first-order chi connectivity index (χ1) is 15.3. The van der Waals surface area contributed by atoms with Crippen LogP contribution in [0.5, 0.6) is 0 Å². The van der Waals surface area contributed by atoms with Gasteiger partial charge in [0.25, 0.3) is 0 Å². The number of aromatic nitrogens is 2. The Hall–Kier alpha value is -2.02. The molecule has 2 aromatic rings. The molecule has 3 heterocycles. The lowest BCUT2D eigenvalue weighted by atomic mass is 10.0. The number of anilines is 1. The van der Waals surface area contributed by atoms with Crippen molar-refractivity contribution in [2.45, 2.75) is 39.8 Å². The number of hydrogen-bond acceptors (Lipinski definition) is 6. The number of hydrogen-bond donors (Lipinski definition) is 0. The second kappa shape index (κ2) is 11.0. The monoisotopic (exact) mass is 422 g/mol. The number of benzene rings is 1. The van der Waals surface area contributed by atoms with E-state index in [1.165, 1.54) is 42.1 Å². The molecule has 6 nitrogen and oxygen atoms in total. The van der Waals surface area contributed by atoms with Gasteiger partial charge in [0, 0.05) is 51.4 Å². The topological polar surface area (TPSA) is 38.7 Å². The molecule has 4 rings (SSSR count). The predicted molar refractivity (Wildman–Crippen MR) is 127 cm³/mol. The molecule has 1 aromatic heterocycles. The Balaban J connectivity index is 1.30. The molecule has 0 N–H and O–H groups in total. The quantitative estimate of drug-likeness (QED) is 0.619. The number of rotatable bonds is 9. The molecule has 0 saturated carbocycles. The van der Waals surface area contributed by atoms with Gasteiger partial charge in [0.1, 0.15) is 12.1 Å². The molecule has 1 saturated heterocycles. The Morgan fingerprint density at radius 2 is 1.68 bits per heavy atom. The van der Waals surface area contributed by atoms with Crippen molar-refractivity contribution in [1.82, 2.24) is 24.7 Å². The fraction of sp³-hybridized carbons (Fsp3) is 0.600. The molecular formula is C25H38N6. The van der Waals surface area contributed by atoms with Crippen LogP contribution in [-0.2, 0) is 19.5 Å². The molecule has 0 bridgehead atoms. The molecule has 0 amide bonds. The second-order valence-corrected chi connectivity index (χ2v) is 8.78. The Morgan fingerprint density at radius 3 is 2.42 bits per heavy atom. The Morgan fingerprint density at radius 1 is 0.903 bits per heavy atom. The summed E-state index contributed by atoms with van der Waals surface area (Å²) >= 11 is 0. The van der Waals surface area contributed by atoms with Gasteiger partial charge in [-0.1, -0.05) is 44.2 Å². The van der Waals surface area contributed by atoms with Crippen molar-refractivity contribution < 1.29 is 0 Å². The minimum absolute atomic E-state index is 0.922. The van der Waals surface area contributed by atoms with E-state index in [-0.39, 0.29) is 0 Å². The summed E-state index contributed by atoms with van der Waals surface area (Å²) in [6, 6.07) is 10.7. The van der Waals surface area contributed by atoms with Crippen LogP contribution in [0.15, 0.2) is 36.7 Å². The van der Waals surface area contributed by atoms with Gasteiger partial charge >= 0.3 is 0 Å². The van der Waals surface area contributed by atoms with E-state index in [0.717, 1.165) is 65.3 Å². The normalized spacial score (nSPS) is 17.8. The molecule has 0 radical (unpaired) electrons. The summed E-state index contributed by atoms with van der Waals surface area (Å²) in [5, 5.41) is 0. The molecule has 0 atom stereocenters. The van der Waals surface area contributed by atoms with E-state index in [1.54, 1.807) is 6.33 Å². The highest BCUT2D eigenvalue weighted by atomic mass is 15.3. The Bertz CT molecular complexity index is 799. The summed E-state index contributed by atoms with van der Waals surface area (Å²) in [6.07, 6.45) is 4.08. The maximum Gasteiger partial charge on any atom is 0.135 e. The highest BCUT2D eigenvalue weighted by Crippen LogP contribution is 2.27. The summed E-state index contributed by atoms with van der Waals surface area (Å²) in [5.74, 6) is 1.19. The summed E-state index contributed by atoms with van der Waals surface area (Å²) in [5.41, 5.74) is 3.97. The Labute approximate surface area is 187 Å². The molecule has 2 aliphatic rings. The SMILES string of the molecule is CCN(CC)CCCN1CCN(c2ncnc3c2CCN(Cc2ccccc2)C3)CC1. The first kappa shape index (κ1) is 22.2. The lowest BCUT2D eigenvalue weighted by molar-refractivity contribution is 0.225. The van der Waals surface area contributed by atoms with Crippen LogP contribution in [0, 0.1) is 0 Å². The molecule has 1 aromatic carbocycles. The van der Waals surface area contributed by atoms with Gasteiger partial charge < -0.3 is 9.80 Å². The molecule has 168 valence electrons. The zero-order valence-corrected chi connectivity index (χ0v) is 19.3. The fourth-order valence-electron chi connectivity index (χ4n) is 4.88. The maximum absolute atomic E-state index is 4.73. The van der Waals surface area contributed by atoms with Crippen molar-refractivity contribution in [2.75, 3.05) is 63.8 Å². The molecule has 6 heteroatoms. The summed E-state index contributed by atoms with van der Waals surface area (Å²) in [6.45, 7) is 16.7. The average Bonchev–Trinajstić information content (AvgIpc) is 2.82. The summed E-state index contributed by atoms with van der Waals surface area (Å²) in [4.78, 5) is 19.5. The molecule has 31 heavy (non-hydrogen) atoms. The van der Waals surface area contributed by atoms with Crippen LogP contribution in [-0.4, -0.2) is 83.6 Å². The van der Waals surface area contributed by atoms with Crippen LogP contribution in [0.2, 0.25) is 0 Å². The van der Waals surface area contributed by atoms with Gasteiger partial charge in [-0.25, -0.2) is 9.97 Å². The molecule has 0 unspecified atom stereocenters. The van der Waals surface area contributed by atoms with Gasteiger partial charge in [-0.15, -0.1) is 0 Å².